The van der Waals surface area contributed by atoms with Gasteiger partial charge in [0.15, 0.2) is 0 Å². The molecule has 0 heteroatoms. The summed E-state index contributed by atoms with van der Waals surface area (Å²) in [5, 5.41) is 0. The first kappa shape index (κ1) is 10.5. The Morgan fingerprint density at radius 1 is 1.45 bits per heavy atom. The van der Waals surface area contributed by atoms with E-state index >= 15 is 0 Å². The molecule has 11 heavy (non-hydrogen) atoms. The van der Waals surface area contributed by atoms with Crippen molar-refractivity contribution in [2.24, 2.45) is 5.92 Å². The van der Waals surface area contributed by atoms with Crippen LogP contribution in [0.25, 0.3) is 0 Å². The van der Waals surface area contributed by atoms with E-state index < -0.39 is 0 Å². The lowest BCUT2D eigenvalue weighted by Crippen LogP contribution is -2.02. The lowest BCUT2D eigenvalue weighted by molar-refractivity contribution is 0.595. The maximum Gasteiger partial charge on any atom is -0.0228 e. The SMILES string of the molecule is C=C1C=C(C)C(C)CC1.CC. The Morgan fingerprint density at radius 3 is 2.36 bits per heavy atom. The third kappa shape index (κ3) is 3.41. The van der Waals surface area contributed by atoms with Crippen molar-refractivity contribution in [3.63, 3.8) is 0 Å². The zero-order valence-corrected chi connectivity index (χ0v) is 8.28. The zero-order valence-electron chi connectivity index (χ0n) is 8.28. The maximum absolute atomic E-state index is 3.92. The molecule has 0 aliphatic heterocycles. The second-order valence-corrected chi connectivity index (χ2v) is 2.99. The van der Waals surface area contributed by atoms with Crippen molar-refractivity contribution >= 4 is 0 Å². The summed E-state index contributed by atoms with van der Waals surface area (Å²) in [6.45, 7) is 12.4. The van der Waals surface area contributed by atoms with Gasteiger partial charge in [-0.3, -0.25) is 0 Å². The largest absolute Gasteiger partial charge is 0.0958 e. The van der Waals surface area contributed by atoms with Crippen molar-refractivity contribution in [1.29, 1.82) is 0 Å². The van der Waals surface area contributed by atoms with Gasteiger partial charge in [-0.15, -0.1) is 0 Å². The zero-order chi connectivity index (χ0) is 8.85. The molecule has 1 atom stereocenters. The second-order valence-electron chi connectivity index (χ2n) is 2.99. The molecule has 1 rings (SSSR count). The Bertz CT molecular complexity index is 151. The molecule has 0 amide bonds. The van der Waals surface area contributed by atoms with E-state index in [9.17, 15) is 0 Å². The monoisotopic (exact) mass is 152 g/mol. The molecular formula is C11H20. The molecule has 0 aromatic heterocycles. The molecule has 0 spiro atoms. The molecule has 0 N–H and O–H groups in total. The highest BCUT2D eigenvalue weighted by atomic mass is 14.1. The van der Waals surface area contributed by atoms with E-state index in [1.165, 1.54) is 24.0 Å². The molecule has 0 fully saturated rings. The number of hydrogen-bond donors (Lipinski definition) is 0. The van der Waals surface area contributed by atoms with Gasteiger partial charge in [0.1, 0.15) is 0 Å². The van der Waals surface area contributed by atoms with Gasteiger partial charge in [-0.2, -0.15) is 0 Å². The van der Waals surface area contributed by atoms with Crippen LogP contribution in [0, 0.1) is 5.92 Å². The third-order valence-corrected chi connectivity index (χ3v) is 2.11. The highest BCUT2D eigenvalue weighted by Gasteiger charge is 2.09. The standard InChI is InChI=1S/C9H14.C2H6/c1-7-4-5-8(2)9(3)6-7;1-2/h6,8H,1,4-5H2,2-3H3;1-2H3. The lowest BCUT2D eigenvalue weighted by Gasteiger charge is -2.17. The van der Waals surface area contributed by atoms with Crippen LogP contribution in [0.3, 0.4) is 0 Å². The molecular weight excluding hydrogens is 132 g/mol. The Labute approximate surface area is 71.0 Å². The fourth-order valence-corrected chi connectivity index (χ4v) is 1.17. The minimum Gasteiger partial charge on any atom is -0.0958 e. The molecule has 0 saturated heterocycles. The number of rotatable bonds is 0. The van der Waals surface area contributed by atoms with Gasteiger partial charge >= 0.3 is 0 Å². The van der Waals surface area contributed by atoms with Gasteiger partial charge in [-0.05, 0) is 25.7 Å². The summed E-state index contributed by atoms with van der Waals surface area (Å²) in [6, 6.07) is 0. The molecule has 0 bridgehead atoms. The van der Waals surface area contributed by atoms with Gasteiger partial charge < -0.3 is 0 Å². The van der Waals surface area contributed by atoms with E-state index in [-0.39, 0.29) is 0 Å². The second kappa shape index (κ2) is 5.17. The van der Waals surface area contributed by atoms with Crippen LogP contribution in [-0.4, -0.2) is 0 Å². The van der Waals surface area contributed by atoms with Crippen LogP contribution in [0.2, 0.25) is 0 Å². The van der Waals surface area contributed by atoms with Gasteiger partial charge in [0.2, 0.25) is 0 Å². The molecule has 1 unspecified atom stereocenters. The van der Waals surface area contributed by atoms with E-state index in [1.54, 1.807) is 0 Å². The summed E-state index contributed by atoms with van der Waals surface area (Å²) in [4.78, 5) is 0. The predicted molar refractivity (Wildman–Crippen MR) is 52.6 cm³/mol. The summed E-state index contributed by atoms with van der Waals surface area (Å²) in [5.74, 6) is 0.787. The van der Waals surface area contributed by atoms with Crippen molar-refractivity contribution in [2.75, 3.05) is 0 Å². The van der Waals surface area contributed by atoms with Crippen molar-refractivity contribution in [3.05, 3.63) is 23.8 Å². The summed E-state index contributed by atoms with van der Waals surface area (Å²) in [7, 11) is 0. The van der Waals surface area contributed by atoms with Crippen molar-refractivity contribution in [3.8, 4) is 0 Å². The Morgan fingerprint density at radius 2 is 2.00 bits per heavy atom. The van der Waals surface area contributed by atoms with Crippen LogP contribution in [-0.2, 0) is 0 Å². The van der Waals surface area contributed by atoms with Crippen molar-refractivity contribution < 1.29 is 0 Å². The Kier molecular flexibility index (Phi) is 4.93. The Balaban J connectivity index is 0.000000461. The summed E-state index contributed by atoms with van der Waals surface area (Å²) >= 11 is 0. The molecule has 0 saturated carbocycles. The highest BCUT2D eigenvalue weighted by Crippen LogP contribution is 2.25. The molecule has 0 nitrogen and oxygen atoms in total. The highest BCUT2D eigenvalue weighted by molar-refractivity contribution is 5.24. The summed E-state index contributed by atoms with van der Waals surface area (Å²) in [6.07, 6.45) is 4.70. The molecule has 1 aliphatic carbocycles. The van der Waals surface area contributed by atoms with Crippen molar-refractivity contribution in [1.82, 2.24) is 0 Å². The third-order valence-electron chi connectivity index (χ3n) is 2.11. The van der Waals surface area contributed by atoms with E-state index in [4.69, 9.17) is 0 Å². The first-order valence-electron chi connectivity index (χ1n) is 4.56. The molecule has 0 aromatic rings. The fourth-order valence-electron chi connectivity index (χ4n) is 1.17. The minimum absolute atomic E-state index is 0.787. The van der Waals surface area contributed by atoms with Crippen LogP contribution in [0.15, 0.2) is 23.8 Å². The van der Waals surface area contributed by atoms with Crippen molar-refractivity contribution in [2.45, 2.75) is 40.5 Å². The van der Waals surface area contributed by atoms with E-state index in [0.717, 1.165) is 5.92 Å². The minimum atomic E-state index is 0.787. The number of allylic oxidation sites excluding steroid dienone is 3. The van der Waals surface area contributed by atoms with Gasteiger partial charge in [0, 0.05) is 0 Å². The molecule has 0 heterocycles. The van der Waals surface area contributed by atoms with E-state index in [1.807, 2.05) is 13.8 Å². The van der Waals surface area contributed by atoms with Crippen LogP contribution in [0.5, 0.6) is 0 Å². The normalized spacial score (nSPS) is 23.5. The van der Waals surface area contributed by atoms with Crippen LogP contribution < -0.4 is 0 Å². The van der Waals surface area contributed by atoms with E-state index in [0.29, 0.717) is 0 Å². The van der Waals surface area contributed by atoms with Gasteiger partial charge in [0.05, 0.1) is 0 Å². The quantitative estimate of drug-likeness (QED) is 0.493. The first-order valence-corrected chi connectivity index (χ1v) is 4.56. The summed E-state index contributed by atoms with van der Waals surface area (Å²) in [5.41, 5.74) is 2.79. The smallest absolute Gasteiger partial charge is 0.0228 e. The van der Waals surface area contributed by atoms with Gasteiger partial charge in [0.25, 0.3) is 0 Å². The average molecular weight is 152 g/mol. The predicted octanol–water partition coefficient (Wildman–Crippen LogP) is 3.95. The fraction of sp³-hybridized carbons (Fsp3) is 0.636. The molecule has 1 aliphatic rings. The van der Waals surface area contributed by atoms with Gasteiger partial charge in [-0.25, -0.2) is 0 Å². The van der Waals surface area contributed by atoms with Gasteiger partial charge in [-0.1, -0.05) is 44.6 Å². The molecule has 64 valence electrons. The number of hydrogen-bond acceptors (Lipinski definition) is 0. The Hall–Kier alpha value is -0.520. The summed E-state index contributed by atoms with van der Waals surface area (Å²) < 4.78 is 0. The molecule has 0 radical (unpaired) electrons. The first-order chi connectivity index (χ1) is 5.20. The van der Waals surface area contributed by atoms with E-state index in [2.05, 4.69) is 26.5 Å². The van der Waals surface area contributed by atoms with Crippen LogP contribution in [0.4, 0.5) is 0 Å². The maximum atomic E-state index is 3.92. The topological polar surface area (TPSA) is 0 Å². The molecule has 0 aromatic carbocycles. The lowest BCUT2D eigenvalue weighted by atomic mass is 9.88. The van der Waals surface area contributed by atoms with Crippen LogP contribution in [0.1, 0.15) is 40.5 Å². The van der Waals surface area contributed by atoms with Crippen LogP contribution >= 0.6 is 0 Å². The average Bonchev–Trinajstić information content (AvgIpc) is 2.02.